The Kier molecular flexibility index (Phi) is 3.10. The predicted octanol–water partition coefficient (Wildman–Crippen LogP) is 1.34. The van der Waals surface area contributed by atoms with Gasteiger partial charge in [-0.15, -0.1) is 0 Å². The molecule has 16 heavy (non-hydrogen) atoms. The second-order valence-corrected chi connectivity index (χ2v) is 4.18. The first-order valence-electron chi connectivity index (χ1n) is 5.41. The number of nitrogens with one attached hydrogen (secondary N) is 1. The fourth-order valence-corrected chi connectivity index (χ4v) is 1.90. The molecule has 0 aromatic heterocycles. The van der Waals surface area contributed by atoms with Crippen LogP contribution in [0.3, 0.4) is 0 Å². The summed E-state index contributed by atoms with van der Waals surface area (Å²) >= 11 is 0. The number of phenols is 1. The van der Waals surface area contributed by atoms with Crippen LogP contribution in [0.5, 0.6) is 5.75 Å². The zero-order valence-electron chi connectivity index (χ0n) is 8.89. The van der Waals surface area contributed by atoms with E-state index < -0.39 is 5.97 Å². The Balaban J connectivity index is 1.84. The summed E-state index contributed by atoms with van der Waals surface area (Å²) < 4.78 is 0. The maximum atomic E-state index is 10.8. The van der Waals surface area contributed by atoms with E-state index in [-0.39, 0.29) is 17.7 Å². The third kappa shape index (κ3) is 2.33. The molecule has 2 unspecified atom stereocenters. The smallest absolute Gasteiger partial charge is 0.308 e. The van der Waals surface area contributed by atoms with Crippen LogP contribution < -0.4 is 5.32 Å². The predicted molar refractivity (Wildman–Crippen MR) is 59.1 cm³/mol. The lowest BCUT2D eigenvalue weighted by Crippen LogP contribution is -2.47. The molecule has 3 N–H and O–H groups in total. The molecule has 0 heterocycles. The highest BCUT2D eigenvalue weighted by molar-refractivity contribution is 5.72. The Hall–Kier alpha value is -1.55. The van der Waals surface area contributed by atoms with Crippen LogP contribution in [0, 0.1) is 5.92 Å². The minimum Gasteiger partial charge on any atom is -0.508 e. The lowest BCUT2D eigenvalue weighted by molar-refractivity contribution is -0.146. The van der Waals surface area contributed by atoms with E-state index in [9.17, 15) is 4.79 Å². The van der Waals surface area contributed by atoms with Gasteiger partial charge in [-0.1, -0.05) is 12.1 Å². The minimum absolute atomic E-state index is 0.0892. The number of benzene rings is 1. The second-order valence-electron chi connectivity index (χ2n) is 4.18. The number of hydrogen-bond acceptors (Lipinski definition) is 3. The number of hydrogen-bond donors (Lipinski definition) is 3. The van der Waals surface area contributed by atoms with Crippen LogP contribution in [0.1, 0.15) is 18.4 Å². The highest BCUT2D eigenvalue weighted by Gasteiger charge is 2.35. The molecule has 4 heteroatoms. The number of carboxylic acid groups (broad SMARTS) is 1. The highest BCUT2D eigenvalue weighted by atomic mass is 16.4. The van der Waals surface area contributed by atoms with Crippen molar-refractivity contribution in [3.63, 3.8) is 0 Å². The monoisotopic (exact) mass is 221 g/mol. The van der Waals surface area contributed by atoms with Gasteiger partial charge < -0.3 is 15.5 Å². The van der Waals surface area contributed by atoms with Gasteiger partial charge in [0, 0.05) is 12.6 Å². The van der Waals surface area contributed by atoms with Gasteiger partial charge in [-0.25, -0.2) is 0 Å². The van der Waals surface area contributed by atoms with Gasteiger partial charge >= 0.3 is 5.97 Å². The quantitative estimate of drug-likeness (QED) is 0.717. The van der Waals surface area contributed by atoms with Crippen molar-refractivity contribution in [1.29, 1.82) is 0 Å². The maximum Gasteiger partial charge on any atom is 0.308 e. The van der Waals surface area contributed by atoms with Gasteiger partial charge in [0.25, 0.3) is 0 Å². The molecule has 1 aromatic rings. The molecule has 1 aliphatic rings. The topological polar surface area (TPSA) is 69.6 Å². The molecule has 0 bridgehead atoms. The Morgan fingerprint density at radius 3 is 2.50 bits per heavy atom. The Morgan fingerprint density at radius 2 is 2.00 bits per heavy atom. The van der Waals surface area contributed by atoms with Crippen LogP contribution in [0.15, 0.2) is 24.3 Å². The lowest BCUT2D eigenvalue weighted by Gasteiger charge is -2.34. The molecule has 2 atom stereocenters. The van der Waals surface area contributed by atoms with Crippen LogP contribution >= 0.6 is 0 Å². The first-order valence-corrected chi connectivity index (χ1v) is 5.41. The van der Waals surface area contributed by atoms with Gasteiger partial charge in [-0.2, -0.15) is 0 Å². The second kappa shape index (κ2) is 4.53. The van der Waals surface area contributed by atoms with Crippen LogP contribution in [-0.4, -0.2) is 22.2 Å². The Morgan fingerprint density at radius 1 is 1.31 bits per heavy atom. The Labute approximate surface area is 93.9 Å². The number of carbonyl (C=O) groups is 1. The van der Waals surface area contributed by atoms with Gasteiger partial charge in [-0.3, -0.25) is 4.79 Å². The van der Waals surface area contributed by atoms with Gasteiger partial charge in [0.05, 0.1) is 5.92 Å². The standard InChI is InChI=1S/C12H15NO3/c14-9-3-1-8(2-4-9)7-13-11-6-5-10(11)12(15)16/h1-4,10-11,13-14H,5-7H2,(H,15,16). The summed E-state index contributed by atoms with van der Waals surface area (Å²) in [6.45, 7) is 0.648. The number of carboxylic acids is 1. The molecule has 1 aromatic carbocycles. The normalized spacial score (nSPS) is 23.8. The molecular weight excluding hydrogens is 206 g/mol. The fourth-order valence-electron chi connectivity index (χ4n) is 1.90. The molecule has 86 valence electrons. The van der Waals surface area contributed by atoms with E-state index in [0.717, 1.165) is 18.4 Å². The molecule has 0 saturated heterocycles. The number of rotatable bonds is 4. The van der Waals surface area contributed by atoms with Crippen LogP contribution in [0.25, 0.3) is 0 Å². The molecule has 0 radical (unpaired) electrons. The summed E-state index contributed by atoms with van der Waals surface area (Å²) in [6.07, 6.45) is 1.69. The number of phenolic OH excluding ortho intramolecular Hbond substituents is 1. The third-order valence-electron chi connectivity index (χ3n) is 3.10. The summed E-state index contributed by atoms with van der Waals surface area (Å²) in [5.74, 6) is -0.706. The van der Waals surface area contributed by atoms with E-state index in [4.69, 9.17) is 10.2 Å². The van der Waals surface area contributed by atoms with Gasteiger partial charge in [0.2, 0.25) is 0 Å². The fraction of sp³-hybridized carbons (Fsp3) is 0.417. The van der Waals surface area contributed by atoms with E-state index in [1.54, 1.807) is 12.1 Å². The Bertz CT molecular complexity index is 374. The maximum absolute atomic E-state index is 10.8. The van der Waals surface area contributed by atoms with Crippen molar-refractivity contribution in [1.82, 2.24) is 5.32 Å². The van der Waals surface area contributed by atoms with Crippen molar-refractivity contribution in [3.8, 4) is 5.75 Å². The van der Waals surface area contributed by atoms with Crippen molar-refractivity contribution in [2.45, 2.75) is 25.4 Å². The molecule has 0 spiro atoms. The first-order chi connectivity index (χ1) is 7.66. The molecule has 4 nitrogen and oxygen atoms in total. The average Bonchev–Trinajstić information content (AvgIpc) is 2.18. The van der Waals surface area contributed by atoms with Gasteiger partial charge in [0.1, 0.15) is 5.75 Å². The zero-order valence-corrected chi connectivity index (χ0v) is 8.89. The number of aliphatic carboxylic acids is 1. The molecule has 1 aliphatic carbocycles. The molecular formula is C12H15NO3. The van der Waals surface area contributed by atoms with Crippen molar-refractivity contribution >= 4 is 5.97 Å². The molecule has 1 fully saturated rings. The summed E-state index contributed by atoms with van der Waals surface area (Å²) in [7, 11) is 0. The molecule has 0 aliphatic heterocycles. The minimum atomic E-state index is -0.713. The van der Waals surface area contributed by atoms with E-state index in [0.29, 0.717) is 6.54 Å². The van der Waals surface area contributed by atoms with Crippen LogP contribution in [-0.2, 0) is 11.3 Å². The van der Waals surface area contributed by atoms with Gasteiger partial charge in [-0.05, 0) is 30.5 Å². The lowest BCUT2D eigenvalue weighted by atomic mass is 9.79. The van der Waals surface area contributed by atoms with Crippen molar-refractivity contribution in [2.75, 3.05) is 0 Å². The van der Waals surface area contributed by atoms with Crippen LogP contribution in [0.2, 0.25) is 0 Å². The zero-order chi connectivity index (χ0) is 11.5. The van der Waals surface area contributed by atoms with E-state index in [1.165, 1.54) is 0 Å². The SMILES string of the molecule is O=C(O)C1CCC1NCc1ccc(O)cc1. The summed E-state index contributed by atoms with van der Waals surface area (Å²) in [5, 5.41) is 21.2. The molecule has 2 rings (SSSR count). The summed E-state index contributed by atoms with van der Waals surface area (Å²) in [4.78, 5) is 10.8. The van der Waals surface area contributed by atoms with Gasteiger partial charge in [0.15, 0.2) is 0 Å². The summed E-state index contributed by atoms with van der Waals surface area (Å²) in [6, 6.07) is 7.01. The van der Waals surface area contributed by atoms with Crippen molar-refractivity contribution in [3.05, 3.63) is 29.8 Å². The van der Waals surface area contributed by atoms with E-state index in [2.05, 4.69) is 5.32 Å². The van der Waals surface area contributed by atoms with Crippen LogP contribution in [0.4, 0.5) is 0 Å². The van der Waals surface area contributed by atoms with Crippen molar-refractivity contribution in [2.24, 2.45) is 5.92 Å². The first kappa shape index (κ1) is 11.0. The highest BCUT2D eigenvalue weighted by Crippen LogP contribution is 2.27. The largest absolute Gasteiger partial charge is 0.508 e. The average molecular weight is 221 g/mol. The van der Waals surface area contributed by atoms with E-state index in [1.807, 2.05) is 12.1 Å². The molecule has 1 saturated carbocycles. The van der Waals surface area contributed by atoms with E-state index >= 15 is 0 Å². The van der Waals surface area contributed by atoms with Crippen molar-refractivity contribution < 1.29 is 15.0 Å². The molecule has 0 amide bonds. The number of aromatic hydroxyl groups is 1. The summed E-state index contributed by atoms with van der Waals surface area (Å²) in [5.41, 5.74) is 1.05. The third-order valence-corrected chi connectivity index (χ3v) is 3.10.